The van der Waals surface area contributed by atoms with Crippen LogP contribution in [0.2, 0.25) is 0 Å². The van der Waals surface area contributed by atoms with Gasteiger partial charge in [0.1, 0.15) is 11.9 Å². The lowest BCUT2D eigenvalue weighted by molar-refractivity contribution is -0.0383. The van der Waals surface area contributed by atoms with Crippen LogP contribution in [0.25, 0.3) is 0 Å². The van der Waals surface area contributed by atoms with Gasteiger partial charge < -0.3 is 14.2 Å². The number of hydrogen-bond donors (Lipinski definition) is 0. The number of ether oxygens (including phenoxy) is 3. The molecule has 1 fully saturated rings. The van der Waals surface area contributed by atoms with Gasteiger partial charge in [-0.15, -0.1) is 0 Å². The lowest BCUT2D eigenvalue weighted by Crippen LogP contribution is -2.38. The van der Waals surface area contributed by atoms with E-state index in [2.05, 4.69) is 23.8 Å². The molecule has 0 aromatic carbocycles. The lowest BCUT2D eigenvalue weighted by Gasteiger charge is -2.33. The molecule has 160 valence electrons. The molecular formula is C22H44N2O3. The normalized spacial score (nSPS) is 19.5. The summed E-state index contributed by atoms with van der Waals surface area (Å²) >= 11 is 0. The summed E-state index contributed by atoms with van der Waals surface area (Å²) in [5.74, 6) is 2.60. The average Bonchev–Trinajstić information content (AvgIpc) is 2.70. The molecule has 0 radical (unpaired) electrons. The van der Waals surface area contributed by atoms with Gasteiger partial charge in [-0.3, -0.25) is 0 Å². The Bertz CT molecular complexity index is 420. The van der Waals surface area contributed by atoms with Crippen molar-refractivity contribution >= 4 is 0 Å². The van der Waals surface area contributed by atoms with Crippen molar-refractivity contribution in [2.45, 2.75) is 86.9 Å². The summed E-state index contributed by atoms with van der Waals surface area (Å²) in [7, 11) is 3.48. The van der Waals surface area contributed by atoms with Gasteiger partial charge in [0, 0.05) is 40.1 Å². The Morgan fingerprint density at radius 3 is 1.85 bits per heavy atom. The van der Waals surface area contributed by atoms with Crippen molar-refractivity contribution in [3.63, 3.8) is 0 Å². The minimum Gasteiger partial charge on any atom is -0.487 e. The van der Waals surface area contributed by atoms with Gasteiger partial charge in [0.05, 0.1) is 18.5 Å². The Balaban J connectivity index is 0. The highest BCUT2D eigenvalue weighted by atomic mass is 16.5. The summed E-state index contributed by atoms with van der Waals surface area (Å²) in [5.41, 5.74) is 0. The monoisotopic (exact) mass is 384 g/mol. The van der Waals surface area contributed by atoms with Crippen LogP contribution in [-0.2, 0) is 15.9 Å². The smallest absolute Gasteiger partial charge is 0.156 e. The third-order valence-corrected chi connectivity index (χ3v) is 4.27. The second-order valence-corrected chi connectivity index (χ2v) is 6.02. The zero-order valence-corrected chi connectivity index (χ0v) is 19.4. The quantitative estimate of drug-likeness (QED) is 0.586. The van der Waals surface area contributed by atoms with Gasteiger partial charge in [-0.1, -0.05) is 55.4 Å². The minimum absolute atomic E-state index is 0.241. The zero-order chi connectivity index (χ0) is 21.2. The molecule has 27 heavy (non-hydrogen) atoms. The van der Waals surface area contributed by atoms with E-state index in [4.69, 9.17) is 14.2 Å². The summed E-state index contributed by atoms with van der Waals surface area (Å²) in [6.45, 7) is 17.2. The molecule has 0 aliphatic heterocycles. The fraction of sp³-hybridized carbons (Fsp3) is 0.818. The maximum Gasteiger partial charge on any atom is 0.156 e. The van der Waals surface area contributed by atoms with Crippen LogP contribution < -0.4 is 4.74 Å². The lowest BCUT2D eigenvalue weighted by atomic mass is 9.92. The van der Waals surface area contributed by atoms with E-state index in [-0.39, 0.29) is 6.10 Å². The molecule has 0 spiro atoms. The Morgan fingerprint density at radius 2 is 1.41 bits per heavy atom. The molecule has 2 unspecified atom stereocenters. The van der Waals surface area contributed by atoms with E-state index < -0.39 is 0 Å². The van der Waals surface area contributed by atoms with Gasteiger partial charge in [0.2, 0.25) is 0 Å². The molecule has 5 nitrogen and oxygen atoms in total. The molecule has 0 amide bonds. The van der Waals surface area contributed by atoms with Crippen LogP contribution in [0.1, 0.15) is 74.1 Å². The number of methoxy groups -OCH3 is 2. The molecule has 0 bridgehead atoms. The first-order valence-corrected chi connectivity index (χ1v) is 10.6. The maximum absolute atomic E-state index is 5.80. The molecule has 0 N–H and O–H groups in total. The molecule has 0 saturated heterocycles. The van der Waals surface area contributed by atoms with Crippen molar-refractivity contribution in [3.8, 4) is 5.75 Å². The first kappa shape index (κ1) is 28.0. The molecule has 1 aromatic rings. The van der Waals surface area contributed by atoms with Crippen molar-refractivity contribution in [2.75, 3.05) is 20.8 Å². The molecule has 1 heterocycles. The van der Waals surface area contributed by atoms with E-state index in [1.165, 1.54) is 0 Å². The van der Waals surface area contributed by atoms with Gasteiger partial charge in [0.25, 0.3) is 0 Å². The third-order valence-electron chi connectivity index (χ3n) is 4.27. The van der Waals surface area contributed by atoms with Crippen LogP contribution in [0.3, 0.4) is 0 Å². The fourth-order valence-corrected chi connectivity index (χ4v) is 2.42. The van der Waals surface area contributed by atoms with E-state index in [9.17, 15) is 0 Å². The molecule has 1 aliphatic carbocycles. The van der Waals surface area contributed by atoms with E-state index in [1.54, 1.807) is 26.6 Å². The SMILES string of the molecule is CC.CC.CC.COCC(C)C(C)Cc1ncc(OC2CC(OC)C2)cn1. The largest absolute Gasteiger partial charge is 0.487 e. The summed E-state index contributed by atoms with van der Waals surface area (Å²) in [5, 5.41) is 0. The maximum atomic E-state index is 5.80. The van der Waals surface area contributed by atoms with Crippen LogP contribution in [0.15, 0.2) is 12.4 Å². The number of hydrogen-bond acceptors (Lipinski definition) is 5. The van der Waals surface area contributed by atoms with Crippen molar-refractivity contribution < 1.29 is 14.2 Å². The van der Waals surface area contributed by atoms with Gasteiger partial charge in [0.15, 0.2) is 5.75 Å². The third kappa shape index (κ3) is 11.3. The van der Waals surface area contributed by atoms with Crippen molar-refractivity contribution in [2.24, 2.45) is 11.8 Å². The molecule has 2 atom stereocenters. The van der Waals surface area contributed by atoms with Gasteiger partial charge >= 0.3 is 0 Å². The van der Waals surface area contributed by atoms with Crippen molar-refractivity contribution in [1.82, 2.24) is 9.97 Å². The Labute approximate surface area is 168 Å². The Kier molecular flexibility index (Phi) is 18.9. The second kappa shape index (κ2) is 18.2. The van der Waals surface area contributed by atoms with E-state index in [0.29, 0.717) is 17.9 Å². The predicted octanol–water partition coefficient (Wildman–Crippen LogP) is 5.57. The standard InChI is InChI=1S/C16H26N2O3.3C2H6/c1-11(12(2)10-19-3)5-16-17-8-15(9-18-16)21-14-6-13(7-14)20-4;3*1-2/h8-9,11-14H,5-7,10H2,1-4H3;3*1-2H3. The fourth-order valence-electron chi connectivity index (χ4n) is 2.42. The van der Waals surface area contributed by atoms with Crippen molar-refractivity contribution in [1.29, 1.82) is 0 Å². The van der Waals surface area contributed by atoms with Crippen molar-refractivity contribution in [3.05, 3.63) is 18.2 Å². The van der Waals surface area contributed by atoms with Crippen LogP contribution >= 0.6 is 0 Å². The minimum atomic E-state index is 0.241. The predicted molar refractivity (Wildman–Crippen MR) is 114 cm³/mol. The van der Waals surface area contributed by atoms with E-state index in [1.807, 2.05) is 41.5 Å². The van der Waals surface area contributed by atoms with Gasteiger partial charge in [-0.25, -0.2) is 9.97 Å². The second-order valence-electron chi connectivity index (χ2n) is 6.02. The van der Waals surface area contributed by atoms with Gasteiger partial charge in [-0.2, -0.15) is 0 Å². The Hall–Kier alpha value is -1.20. The number of rotatable bonds is 8. The summed E-state index contributed by atoms with van der Waals surface area (Å²) in [6.07, 6.45) is 6.89. The summed E-state index contributed by atoms with van der Waals surface area (Å²) < 4.78 is 16.2. The highest BCUT2D eigenvalue weighted by Crippen LogP contribution is 2.27. The van der Waals surface area contributed by atoms with Crippen LogP contribution in [0.4, 0.5) is 0 Å². The molecule has 5 heteroatoms. The Morgan fingerprint density at radius 1 is 0.889 bits per heavy atom. The topological polar surface area (TPSA) is 53.5 Å². The molecule has 1 aliphatic rings. The average molecular weight is 385 g/mol. The first-order valence-electron chi connectivity index (χ1n) is 10.6. The van der Waals surface area contributed by atoms with E-state index >= 15 is 0 Å². The molecule has 2 rings (SSSR count). The zero-order valence-electron chi connectivity index (χ0n) is 19.4. The summed E-state index contributed by atoms with van der Waals surface area (Å²) in [4.78, 5) is 8.81. The summed E-state index contributed by atoms with van der Waals surface area (Å²) in [6, 6.07) is 0. The highest BCUT2D eigenvalue weighted by Gasteiger charge is 2.30. The van der Waals surface area contributed by atoms with Gasteiger partial charge in [-0.05, 0) is 11.8 Å². The molecular weight excluding hydrogens is 340 g/mol. The van der Waals surface area contributed by atoms with E-state index in [0.717, 1.165) is 37.4 Å². The number of nitrogens with zero attached hydrogens (tertiary/aromatic N) is 2. The van der Waals surface area contributed by atoms with Crippen LogP contribution in [0.5, 0.6) is 5.75 Å². The highest BCUT2D eigenvalue weighted by molar-refractivity contribution is 5.13. The van der Waals surface area contributed by atoms with Crippen LogP contribution in [0, 0.1) is 11.8 Å². The number of aromatic nitrogens is 2. The first-order chi connectivity index (χ1) is 13.1. The molecule has 1 aromatic heterocycles. The molecule has 1 saturated carbocycles. The van der Waals surface area contributed by atoms with Crippen LogP contribution in [-0.4, -0.2) is 43.0 Å².